The SMILES string of the molecule is [2H]c1c([2H])c([2H])c(-c2cccc(-c3c4ccccc4c(-c4ccc(-n5c(C)nc6ccccc65)cc4)c4ccccc34)c2)c([2H])c1[2H]. The summed E-state index contributed by atoms with van der Waals surface area (Å²) in [6.07, 6.45) is 0. The Balaban J connectivity index is 1.33. The lowest BCUT2D eigenvalue weighted by Crippen LogP contribution is -1.97. The molecular weight excluding hydrogens is 508 g/mol. The molecule has 0 unspecified atom stereocenters. The number of hydrogen-bond acceptors (Lipinski definition) is 1. The van der Waals surface area contributed by atoms with Gasteiger partial charge in [-0.3, -0.25) is 4.57 Å². The molecule has 0 aliphatic carbocycles. The van der Waals surface area contributed by atoms with Crippen LogP contribution < -0.4 is 0 Å². The maximum atomic E-state index is 8.57. The van der Waals surface area contributed by atoms with Gasteiger partial charge in [0.2, 0.25) is 0 Å². The van der Waals surface area contributed by atoms with E-state index in [-0.39, 0.29) is 29.7 Å². The number of imidazole rings is 1. The molecule has 42 heavy (non-hydrogen) atoms. The fourth-order valence-electron chi connectivity index (χ4n) is 6.22. The van der Waals surface area contributed by atoms with Crippen LogP contribution in [0.25, 0.3) is 71.6 Å². The van der Waals surface area contributed by atoms with E-state index in [1.54, 1.807) is 0 Å². The fraction of sp³-hybridized carbons (Fsp3) is 0.0250. The number of benzene rings is 7. The van der Waals surface area contributed by atoms with Gasteiger partial charge in [0.1, 0.15) is 5.82 Å². The molecule has 0 bridgehead atoms. The van der Waals surface area contributed by atoms with Crippen molar-refractivity contribution in [3.63, 3.8) is 0 Å². The molecule has 0 N–H and O–H groups in total. The first-order valence-corrected chi connectivity index (χ1v) is 14.0. The minimum atomic E-state index is -0.394. The van der Waals surface area contributed by atoms with Crippen LogP contribution in [0, 0.1) is 6.92 Å². The van der Waals surface area contributed by atoms with Gasteiger partial charge in [0.05, 0.1) is 17.9 Å². The van der Waals surface area contributed by atoms with E-state index in [2.05, 4.69) is 71.3 Å². The van der Waals surface area contributed by atoms with Crippen molar-refractivity contribution in [2.24, 2.45) is 0 Å². The Bertz CT molecular complexity index is 2450. The summed E-state index contributed by atoms with van der Waals surface area (Å²) < 4.78 is 43.8. The Kier molecular flexibility index (Phi) is 4.60. The van der Waals surface area contributed by atoms with Crippen LogP contribution in [0.1, 0.15) is 12.7 Å². The van der Waals surface area contributed by atoms with Gasteiger partial charge in [-0.15, -0.1) is 0 Å². The van der Waals surface area contributed by atoms with Crippen LogP contribution in [0.4, 0.5) is 0 Å². The average molecular weight is 542 g/mol. The van der Waals surface area contributed by atoms with E-state index in [4.69, 9.17) is 11.8 Å². The first-order valence-electron chi connectivity index (χ1n) is 16.5. The van der Waals surface area contributed by atoms with Gasteiger partial charge in [0.25, 0.3) is 0 Å². The topological polar surface area (TPSA) is 17.8 Å². The second-order valence-electron chi connectivity index (χ2n) is 10.5. The Morgan fingerprint density at radius 3 is 1.76 bits per heavy atom. The van der Waals surface area contributed by atoms with Gasteiger partial charge in [-0.1, -0.05) is 121 Å². The summed E-state index contributed by atoms with van der Waals surface area (Å²) in [5.74, 6) is 0.935. The highest BCUT2D eigenvalue weighted by atomic mass is 15.1. The zero-order valence-electron chi connectivity index (χ0n) is 27.9. The summed E-state index contributed by atoms with van der Waals surface area (Å²) >= 11 is 0. The van der Waals surface area contributed by atoms with Gasteiger partial charge < -0.3 is 0 Å². The molecule has 8 rings (SSSR count). The van der Waals surface area contributed by atoms with Crippen LogP contribution in [0.5, 0.6) is 0 Å². The van der Waals surface area contributed by atoms with Crippen molar-refractivity contribution >= 4 is 32.6 Å². The molecule has 0 radical (unpaired) electrons. The van der Waals surface area contributed by atoms with Crippen LogP contribution >= 0.6 is 0 Å². The van der Waals surface area contributed by atoms with Gasteiger partial charge in [-0.2, -0.15) is 0 Å². The lowest BCUT2D eigenvalue weighted by Gasteiger charge is -2.18. The predicted octanol–water partition coefficient (Wildman–Crippen LogP) is 10.6. The second kappa shape index (κ2) is 9.87. The Labute approximate surface area is 252 Å². The van der Waals surface area contributed by atoms with E-state index < -0.39 is 6.04 Å². The smallest absolute Gasteiger partial charge is 0.111 e. The molecule has 198 valence electrons. The largest absolute Gasteiger partial charge is 0.297 e. The molecule has 2 nitrogen and oxygen atoms in total. The summed E-state index contributed by atoms with van der Waals surface area (Å²) in [5.41, 5.74) is 8.05. The molecule has 0 aliphatic heterocycles. The molecule has 2 heteroatoms. The van der Waals surface area contributed by atoms with E-state index in [0.717, 1.165) is 66.3 Å². The van der Waals surface area contributed by atoms with Crippen molar-refractivity contribution in [1.82, 2.24) is 9.55 Å². The number of fused-ring (bicyclic) bond motifs is 3. The van der Waals surface area contributed by atoms with E-state index in [9.17, 15) is 0 Å². The summed E-state index contributed by atoms with van der Waals surface area (Å²) in [5, 5.41) is 4.35. The Morgan fingerprint density at radius 2 is 1.10 bits per heavy atom. The van der Waals surface area contributed by atoms with Crippen molar-refractivity contribution < 1.29 is 6.85 Å². The number of para-hydroxylation sites is 2. The third-order valence-electron chi connectivity index (χ3n) is 8.01. The fourth-order valence-corrected chi connectivity index (χ4v) is 6.22. The van der Waals surface area contributed by atoms with Crippen molar-refractivity contribution in [2.45, 2.75) is 6.92 Å². The molecule has 1 aromatic heterocycles. The van der Waals surface area contributed by atoms with E-state index >= 15 is 0 Å². The van der Waals surface area contributed by atoms with Crippen LogP contribution in [0.2, 0.25) is 0 Å². The molecule has 1 heterocycles. The lowest BCUT2D eigenvalue weighted by molar-refractivity contribution is 1.00. The Morgan fingerprint density at radius 1 is 0.524 bits per heavy atom. The molecule has 0 amide bonds. The minimum absolute atomic E-state index is 0.198. The van der Waals surface area contributed by atoms with Gasteiger partial charge in [0.15, 0.2) is 0 Å². The highest BCUT2D eigenvalue weighted by Crippen LogP contribution is 2.44. The normalized spacial score (nSPS) is 13.1. The highest BCUT2D eigenvalue weighted by molar-refractivity contribution is 6.21. The molecule has 8 aromatic rings. The van der Waals surface area contributed by atoms with E-state index in [1.807, 2.05) is 61.5 Å². The minimum Gasteiger partial charge on any atom is -0.297 e. The molecule has 7 aromatic carbocycles. The monoisotopic (exact) mass is 541 g/mol. The molecule has 0 atom stereocenters. The van der Waals surface area contributed by atoms with Crippen LogP contribution in [0.15, 0.2) is 152 Å². The van der Waals surface area contributed by atoms with Crippen LogP contribution in [-0.4, -0.2) is 9.55 Å². The number of nitrogens with zero attached hydrogens (tertiary/aromatic N) is 2. The molecule has 0 aliphatic rings. The summed E-state index contributed by atoms with van der Waals surface area (Å²) in [4.78, 5) is 4.75. The average Bonchev–Trinajstić information content (AvgIpc) is 3.44. The molecule has 0 spiro atoms. The number of rotatable bonds is 4. The number of aryl methyl sites for hydroxylation is 1. The molecule has 0 saturated carbocycles. The standard InChI is InChI=1S/C40H28N2/c1-27-41-37-20-9-10-21-38(37)42(27)32-24-22-29(23-25-32)39-33-16-5-7-18-35(33)40(36-19-8-6-17-34(36)39)31-15-11-14-30(26-31)28-12-3-2-4-13-28/h2-26H,1H3/i2D,3D,4D,12D,13D. The molecule has 0 saturated heterocycles. The van der Waals surface area contributed by atoms with Crippen LogP contribution in [0.3, 0.4) is 0 Å². The third-order valence-corrected chi connectivity index (χ3v) is 8.01. The van der Waals surface area contributed by atoms with E-state index in [0.29, 0.717) is 5.56 Å². The van der Waals surface area contributed by atoms with Crippen molar-refractivity contribution in [3.05, 3.63) is 157 Å². The second-order valence-corrected chi connectivity index (χ2v) is 10.5. The van der Waals surface area contributed by atoms with E-state index in [1.165, 1.54) is 0 Å². The first-order chi connectivity index (χ1) is 22.8. The maximum absolute atomic E-state index is 8.57. The van der Waals surface area contributed by atoms with Gasteiger partial charge in [-0.25, -0.2) is 4.98 Å². The maximum Gasteiger partial charge on any atom is 0.111 e. The first kappa shape index (κ1) is 19.6. The third kappa shape index (κ3) is 3.92. The number of aromatic nitrogens is 2. The number of hydrogen-bond donors (Lipinski definition) is 0. The molecule has 0 fully saturated rings. The quantitative estimate of drug-likeness (QED) is 0.203. The summed E-state index contributed by atoms with van der Waals surface area (Å²) in [7, 11) is 0. The zero-order chi connectivity index (χ0) is 32.4. The summed E-state index contributed by atoms with van der Waals surface area (Å²) in [6.45, 7) is 2.03. The zero-order valence-corrected chi connectivity index (χ0v) is 22.9. The molecular formula is C40H28N2. The van der Waals surface area contributed by atoms with Crippen molar-refractivity contribution in [3.8, 4) is 39.1 Å². The van der Waals surface area contributed by atoms with Crippen LogP contribution in [-0.2, 0) is 0 Å². The van der Waals surface area contributed by atoms with Gasteiger partial charge >= 0.3 is 0 Å². The van der Waals surface area contributed by atoms with Gasteiger partial charge in [-0.05, 0) is 92.2 Å². The highest BCUT2D eigenvalue weighted by Gasteiger charge is 2.17. The lowest BCUT2D eigenvalue weighted by atomic mass is 9.85. The van der Waals surface area contributed by atoms with Crippen molar-refractivity contribution in [2.75, 3.05) is 0 Å². The van der Waals surface area contributed by atoms with Gasteiger partial charge in [0, 0.05) is 5.69 Å². The van der Waals surface area contributed by atoms with Crippen molar-refractivity contribution in [1.29, 1.82) is 0 Å². The Hall–Kier alpha value is -5.47. The predicted molar refractivity (Wildman–Crippen MR) is 177 cm³/mol. The summed E-state index contributed by atoms with van der Waals surface area (Å²) in [6, 6.07) is 39.8.